The van der Waals surface area contributed by atoms with Crippen molar-refractivity contribution >= 4 is 11.1 Å². The number of aromatic nitrogens is 3. The number of hydrogen-bond donors (Lipinski definition) is 2. The minimum absolute atomic E-state index is 0.0953. The summed E-state index contributed by atoms with van der Waals surface area (Å²) in [5.41, 5.74) is 6.43. The number of nitrogens with zero attached hydrogens (tertiary/aromatic N) is 2. The quantitative estimate of drug-likeness (QED) is 0.711. The first-order valence-corrected chi connectivity index (χ1v) is 6.83. The first-order valence-electron chi connectivity index (χ1n) is 6.83. The van der Waals surface area contributed by atoms with Crippen LogP contribution in [0, 0.1) is 13.8 Å². The van der Waals surface area contributed by atoms with Crippen LogP contribution in [0.4, 0.5) is 0 Å². The number of benzene rings is 1. The van der Waals surface area contributed by atoms with E-state index in [9.17, 15) is 0 Å². The highest BCUT2D eigenvalue weighted by molar-refractivity contribution is 5.77. The van der Waals surface area contributed by atoms with Crippen molar-refractivity contribution in [3.63, 3.8) is 0 Å². The van der Waals surface area contributed by atoms with Gasteiger partial charge < -0.3 is 9.40 Å². The van der Waals surface area contributed by atoms with Crippen molar-refractivity contribution in [1.29, 1.82) is 0 Å². The molecule has 0 radical (unpaired) electrons. The largest absolute Gasteiger partial charge is 0.439 e. The van der Waals surface area contributed by atoms with Gasteiger partial charge in [0.2, 0.25) is 5.89 Å². The van der Waals surface area contributed by atoms with Crippen LogP contribution in [-0.4, -0.2) is 15.0 Å². The summed E-state index contributed by atoms with van der Waals surface area (Å²) < 4.78 is 5.97. The maximum atomic E-state index is 5.97. The summed E-state index contributed by atoms with van der Waals surface area (Å²) in [6, 6.07) is 4.29. The zero-order chi connectivity index (χ0) is 13.7. The van der Waals surface area contributed by atoms with E-state index in [4.69, 9.17) is 4.42 Å². The Hall–Kier alpha value is -2.14. The SMILES string of the molecule is Cc1cc(C)c2oc(C3Cc4nc[nH]c4CN3)nc2c1. The molecule has 3 heterocycles. The second kappa shape index (κ2) is 4.18. The third-order valence-corrected chi connectivity index (χ3v) is 3.86. The molecule has 0 amide bonds. The molecule has 0 fully saturated rings. The smallest absolute Gasteiger partial charge is 0.213 e. The van der Waals surface area contributed by atoms with Crippen LogP contribution in [0.3, 0.4) is 0 Å². The van der Waals surface area contributed by atoms with E-state index in [1.54, 1.807) is 6.33 Å². The van der Waals surface area contributed by atoms with E-state index in [0.717, 1.165) is 46.9 Å². The highest BCUT2D eigenvalue weighted by Gasteiger charge is 2.25. The Balaban J connectivity index is 1.75. The molecule has 5 heteroatoms. The van der Waals surface area contributed by atoms with Crippen molar-refractivity contribution in [2.24, 2.45) is 0 Å². The van der Waals surface area contributed by atoms with Gasteiger partial charge in [-0.2, -0.15) is 0 Å². The first-order chi connectivity index (χ1) is 9.70. The lowest BCUT2D eigenvalue weighted by molar-refractivity contribution is 0.390. The minimum atomic E-state index is 0.0953. The van der Waals surface area contributed by atoms with Crippen molar-refractivity contribution in [2.75, 3.05) is 0 Å². The molecule has 1 aliphatic rings. The number of aromatic amines is 1. The topological polar surface area (TPSA) is 66.7 Å². The summed E-state index contributed by atoms with van der Waals surface area (Å²) >= 11 is 0. The average molecular weight is 268 g/mol. The third kappa shape index (κ3) is 1.74. The number of hydrogen-bond acceptors (Lipinski definition) is 4. The zero-order valence-electron chi connectivity index (χ0n) is 11.5. The normalized spacial score (nSPS) is 18.4. The minimum Gasteiger partial charge on any atom is -0.439 e. The molecule has 4 rings (SSSR count). The zero-order valence-corrected chi connectivity index (χ0v) is 11.5. The van der Waals surface area contributed by atoms with Gasteiger partial charge >= 0.3 is 0 Å². The van der Waals surface area contributed by atoms with Gasteiger partial charge in [0, 0.05) is 13.0 Å². The summed E-state index contributed by atoms with van der Waals surface area (Å²) in [5.74, 6) is 0.752. The lowest BCUT2D eigenvalue weighted by atomic mass is 10.1. The molecule has 2 aromatic heterocycles. The van der Waals surface area contributed by atoms with Gasteiger partial charge in [-0.25, -0.2) is 9.97 Å². The molecular weight excluding hydrogens is 252 g/mol. The fraction of sp³-hybridized carbons (Fsp3) is 0.333. The van der Waals surface area contributed by atoms with Crippen molar-refractivity contribution in [3.05, 3.63) is 46.9 Å². The number of H-pyrrole nitrogens is 1. The number of aryl methyl sites for hydroxylation is 2. The van der Waals surface area contributed by atoms with Crippen LogP contribution in [-0.2, 0) is 13.0 Å². The fourth-order valence-corrected chi connectivity index (χ4v) is 2.89. The van der Waals surface area contributed by atoms with Crippen LogP contribution >= 0.6 is 0 Å². The van der Waals surface area contributed by atoms with Gasteiger partial charge in [0.25, 0.3) is 0 Å². The van der Waals surface area contributed by atoms with E-state index in [1.807, 2.05) is 0 Å². The Bertz CT molecular complexity index is 786. The molecule has 0 saturated carbocycles. The van der Waals surface area contributed by atoms with E-state index < -0.39 is 0 Å². The molecule has 0 saturated heterocycles. The van der Waals surface area contributed by atoms with Crippen molar-refractivity contribution in [3.8, 4) is 0 Å². The predicted octanol–water partition coefficient (Wildman–Crippen LogP) is 2.55. The molecule has 1 aliphatic heterocycles. The van der Waals surface area contributed by atoms with E-state index >= 15 is 0 Å². The van der Waals surface area contributed by atoms with Gasteiger partial charge in [-0.15, -0.1) is 0 Å². The van der Waals surface area contributed by atoms with Gasteiger partial charge in [0.1, 0.15) is 5.52 Å². The molecule has 0 aliphatic carbocycles. The van der Waals surface area contributed by atoms with Gasteiger partial charge in [-0.1, -0.05) is 6.07 Å². The molecule has 3 aromatic rings. The number of nitrogens with one attached hydrogen (secondary N) is 2. The second-order valence-corrected chi connectivity index (χ2v) is 5.45. The van der Waals surface area contributed by atoms with Crippen LogP contribution in [0.5, 0.6) is 0 Å². The molecule has 1 atom stereocenters. The van der Waals surface area contributed by atoms with Gasteiger partial charge in [0.05, 0.1) is 23.8 Å². The third-order valence-electron chi connectivity index (χ3n) is 3.86. The van der Waals surface area contributed by atoms with Crippen LogP contribution in [0.1, 0.15) is 34.4 Å². The average Bonchev–Trinajstić information content (AvgIpc) is 3.03. The van der Waals surface area contributed by atoms with Crippen LogP contribution in [0.25, 0.3) is 11.1 Å². The Morgan fingerprint density at radius 2 is 2.20 bits per heavy atom. The van der Waals surface area contributed by atoms with E-state index in [-0.39, 0.29) is 6.04 Å². The molecule has 1 unspecified atom stereocenters. The van der Waals surface area contributed by atoms with Gasteiger partial charge in [-0.3, -0.25) is 5.32 Å². The molecule has 0 bridgehead atoms. The molecule has 20 heavy (non-hydrogen) atoms. The van der Waals surface area contributed by atoms with Gasteiger partial charge in [-0.05, 0) is 31.0 Å². The number of imidazole rings is 1. The highest BCUT2D eigenvalue weighted by atomic mass is 16.3. The number of fused-ring (bicyclic) bond motifs is 2. The van der Waals surface area contributed by atoms with E-state index in [1.165, 1.54) is 5.56 Å². The lowest BCUT2D eigenvalue weighted by Crippen LogP contribution is -2.28. The second-order valence-electron chi connectivity index (χ2n) is 5.45. The van der Waals surface area contributed by atoms with Crippen LogP contribution in [0.15, 0.2) is 22.9 Å². The highest BCUT2D eigenvalue weighted by Crippen LogP contribution is 2.28. The molecule has 0 spiro atoms. The standard InChI is InChI=1S/C15H16N4O/c1-8-3-9(2)14-11(4-8)19-15(20-14)12-5-10-13(6-16-12)18-7-17-10/h3-4,7,12,16H,5-6H2,1-2H3,(H,17,18). The lowest BCUT2D eigenvalue weighted by Gasteiger charge is -2.19. The van der Waals surface area contributed by atoms with Crippen molar-refractivity contribution in [1.82, 2.24) is 20.3 Å². The molecule has 1 aromatic carbocycles. The summed E-state index contributed by atoms with van der Waals surface area (Å²) in [6.45, 7) is 4.91. The molecule has 5 nitrogen and oxygen atoms in total. The summed E-state index contributed by atoms with van der Waals surface area (Å²) in [6.07, 6.45) is 2.55. The Kier molecular flexibility index (Phi) is 2.44. The van der Waals surface area contributed by atoms with Crippen molar-refractivity contribution in [2.45, 2.75) is 32.9 Å². The van der Waals surface area contributed by atoms with Crippen LogP contribution in [0.2, 0.25) is 0 Å². The Morgan fingerprint density at radius 1 is 1.30 bits per heavy atom. The van der Waals surface area contributed by atoms with E-state index in [2.05, 4.69) is 46.2 Å². The maximum Gasteiger partial charge on any atom is 0.213 e. The predicted molar refractivity (Wildman–Crippen MR) is 75.4 cm³/mol. The van der Waals surface area contributed by atoms with Crippen molar-refractivity contribution < 1.29 is 4.42 Å². The number of rotatable bonds is 1. The van der Waals surface area contributed by atoms with E-state index in [0.29, 0.717) is 0 Å². The maximum absolute atomic E-state index is 5.97. The fourth-order valence-electron chi connectivity index (χ4n) is 2.89. The summed E-state index contributed by atoms with van der Waals surface area (Å²) in [4.78, 5) is 12.1. The summed E-state index contributed by atoms with van der Waals surface area (Å²) in [5, 5.41) is 3.45. The monoisotopic (exact) mass is 268 g/mol. The molecule has 102 valence electrons. The first kappa shape index (κ1) is 11.7. The molecule has 2 N–H and O–H groups in total. The summed E-state index contributed by atoms with van der Waals surface area (Å²) in [7, 11) is 0. The van der Waals surface area contributed by atoms with Crippen LogP contribution < -0.4 is 5.32 Å². The van der Waals surface area contributed by atoms with Gasteiger partial charge in [0.15, 0.2) is 5.58 Å². The Morgan fingerprint density at radius 3 is 3.10 bits per heavy atom. The Labute approximate surface area is 116 Å². The number of oxazole rings is 1. The molecular formula is C15H16N4O.